The van der Waals surface area contributed by atoms with Crippen LogP contribution in [0.2, 0.25) is 0 Å². The van der Waals surface area contributed by atoms with Crippen molar-refractivity contribution in [1.82, 2.24) is 9.62 Å². The van der Waals surface area contributed by atoms with E-state index in [1.165, 1.54) is 20.7 Å². The van der Waals surface area contributed by atoms with Gasteiger partial charge < -0.3 is 19.5 Å². The van der Waals surface area contributed by atoms with E-state index in [2.05, 4.69) is 5.32 Å². The number of nitrogens with zero attached hydrogens (tertiary/aromatic N) is 2. The van der Waals surface area contributed by atoms with E-state index in [9.17, 15) is 21.6 Å². The Balaban J connectivity index is 1.24. The third kappa shape index (κ3) is 7.27. The number of hydrogen-bond donors (Lipinski definition) is 1. The number of hydrogen-bond acceptors (Lipinski definition) is 8. The molecule has 1 N–H and O–H groups in total. The quantitative estimate of drug-likeness (QED) is 0.346. The van der Waals surface area contributed by atoms with Crippen LogP contribution in [0.25, 0.3) is 0 Å². The molecule has 0 aliphatic carbocycles. The van der Waals surface area contributed by atoms with Crippen molar-refractivity contribution in [3.63, 3.8) is 0 Å². The highest BCUT2D eigenvalue weighted by Gasteiger charge is 2.38. The van der Waals surface area contributed by atoms with Gasteiger partial charge >= 0.3 is 0 Å². The normalized spacial score (nSPS) is 17.7. The smallest absolute Gasteiger partial charge is 0.264 e. The van der Waals surface area contributed by atoms with Gasteiger partial charge in [0.25, 0.3) is 15.9 Å². The number of sulfonamides is 2. The van der Waals surface area contributed by atoms with E-state index < -0.39 is 32.1 Å². The van der Waals surface area contributed by atoms with Crippen molar-refractivity contribution in [2.75, 3.05) is 50.3 Å². The maximum atomic E-state index is 13.9. The molecule has 0 radical (unpaired) electrons. The van der Waals surface area contributed by atoms with E-state index >= 15 is 0 Å². The van der Waals surface area contributed by atoms with Gasteiger partial charge in [-0.1, -0.05) is 44.5 Å². The minimum Gasteiger partial charge on any atom is -0.492 e. The fourth-order valence-electron chi connectivity index (χ4n) is 5.02. The first-order valence-corrected chi connectivity index (χ1v) is 17.6. The van der Waals surface area contributed by atoms with Gasteiger partial charge in [-0.2, -0.15) is 4.31 Å². The summed E-state index contributed by atoms with van der Waals surface area (Å²) in [5.74, 6) is 0.256. The molecule has 2 aliphatic rings. The molecule has 45 heavy (non-hydrogen) atoms. The number of ether oxygens (including phenoxy) is 3. The highest BCUT2D eigenvalue weighted by atomic mass is 32.2. The Morgan fingerprint density at radius 3 is 2.18 bits per heavy atom. The number of carbonyl (C=O) groups is 1. The molecule has 2 aliphatic heterocycles. The number of morpholine rings is 1. The molecule has 11 nitrogen and oxygen atoms in total. The van der Waals surface area contributed by atoms with Crippen LogP contribution in [0.1, 0.15) is 31.9 Å². The third-order valence-corrected chi connectivity index (χ3v) is 11.4. The van der Waals surface area contributed by atoms with Crippen LogP contribution in [0.3, 0.4) is 0 Å². The molecule has 0 spiro atoms. The first-order chi connectivity index (χ1) is 21.3. The zero-order chi connectivity index (χ0) is 32.4. The predicted molar refractivity (Wildman–Crippen MR) is 170 cm³/mol. The van der Waals surface area contributed by atoms with Crippen LogP contribution in [-0.4, -0.2) is 79.2 Å². The van der Waals surface area contributed by atoms with Gasteiger partial charge in [0.05, 0.1) is 41.8 Å². The lowest BCUT2D eigenvalue weighted by atomic mass is 9.86. The molecule has 2 heterocycles. The summed E-state index contributed by atoms with van der Waals surface area (Å²) in [5, 5.41) is 2.76. The summed E-state index contributed by atoms with van der Waals surface area (Å²) in [6.07, 6.45) is -1.09. The van der Waals surface area contributed by atoms with Crippen molar-refractivity contribution in [2.24, 2.45) is 0 Å². The van der Waals surface area contributed by atoms with Crippen LogP contribution < -0.4 is 19.1 Å². The van der Waals surface area contributed by atoms with Gasteiger partial charge in [0.2, 0.25) is 10.0 Å². The first kappa shape index (κ1) is 32.7. The van der Waals surface area contributed by atoms with Crippen molar-refractivity contribution < 1.29 is 35.8 Å². The molecule has 5 rings (SSSR count). The van der Waals surface area contributed by atoms with Crippen LogP contribution in [0.15, 0.2) is 76.5 Å². The molecule has 0 bridgehead atoms. The predicted octanol–water partition coefficient (Wildman–Crippen LogP) is 3.46. The maximum Gasteiger partial charge on any atom is 0.264 e. The lowest BCUT2D eigenvalue weighted by Gasteiger charge is -2.36. The number of carbonyl (C=O) groups excluding carboxylic acids is 1. The Hall–Kier alpha value is -3.65. The van der Waals surface area contributed by atoms with E-state index in [0.717, 1.165) is 11.1 Å². The lowest BCUT2D eigenvalue weighted by Crippen LogP contribution is -2.51. The highest BCUT2D eigenvalue weighted by molar-refractivity contribution is 7.92. The SMILES string of the molecule is Cc1ccc(S(=O)(=O)N2CC(C(=O)NCCOc3ccc(S(=O)(=O)N4CCOCC4)cc3)Oc3ccc(C(C)(C)C)cc32)cc1. The summed E-state index contributed by atoms with van der Waals surface area (Å²) in [6, 6.07) is 18.1. The van der Waals surface area contributed by atoms with E-state index in [1.807, 2.05) is 33.8 Å². The molecule has 3 aromatic carbocycles. The molecule has 3 aromatic rings. The van der Waals surface area contributed by atoms with Gasteiger partial charge in [0.15, 0.2) is 6.10 Å². The van der Waals surface area contributed by atoms with E-state index in [1.54, 1.807) is 48.5 Å². The van der Waals surface area contributed by atoms with E-state index in [-0.39, 0.29) is 34.9 Å². The second kappa shape index (κ2) is 13.0. The number of rotatable bonds is 9. The van der Waals surface area contributed by atoms with Crippen LogP contribution in [0.5, 0.6) is 11.5 Å². The van der Waals surface area contributed by atoms with E-state index in [4.69, 9.17) is 14.2 Å². The minimum atomic E-state index is -4.01. The largest absolute Gasteiger partial charge is 0.492 e. The molecular weight excluding hydrogens is 618 g/mol. The first-order valence-electron chi connectivity index (χ1n) is 14.8. The van der Waals surface area contributed by atoms with Gasteiger partial charge in [-0.05, 0) is 66.4 Å². The van der Waals surface area contributed by atoms with Crippen molar-refractivity contribution in [3.05, 3.63) is 77.9 Å². The molecule has 13 heteroatoms. The van der Waals surface area contributed by atoms with Gasteiger partial charge in [-0.25, -0.2) is 16.8 Å². The van der Waals surface area contributed by atoms with Gasteiger partial charge in [-0.15, -0.1) is 0 Å². The molecule has 1 fully saturated rings. The molecule has 0 aromatic heterocycles. The van der Waals surface area contributed by atoms with Gasteiger partial charge in [-0.3, -0.25) is 9.10 Å². The van der Waals surface area contributed by atoms with E-state index in [0.29, 0.717) is 43.5 Å². The zero-order valence-electron chi connectivity index (χ0n) is 25.9. The van der Waals surface area contributed by atoms with Crippen molar-refractivity contribution in [2.45, 2.75) is 49.0 Å². The number of anilines is 1. The Morgan fingerprint density at radius 1 is 0.911 bits per heavy atom. The van der Waals surface area contributed by atoms with Crippen molar-refractivity contribution >= 4 is 31.6 Å². The van der Waals surface area contributed by atoms with Crippen LogP contribution in [0.4, 0.5) is 5.69 Å². The Kier molecular flexibility index (Phi) is 9.45. The topological polar surface area (TPSA) is 132 Å². The zero-order valence-corrected chi connectivity index (χ0v) is 27.5. The molecule has 242 valence electrons. The summed E-state index contributed by atoms with van der Waals surface area (Å²) in [5.41, 5.74) is 2.01. The number of nitrogens with one attached hydrogen (secondary N) is 1. The minimum absolute atomic E-state index is 0.102. The van der Waals surface area contributed by atoms with Gasteiger partial charge in [0.1, 0.15) is 18.1 Å². The lowest BCUT2D eigenvalue weighted by molar-refractivity contribution is -0.127. The molecular formula is C32H39N3O8S2. The molecule has 1 unspecified atom stereocenters. The van der Waals surface area contributed by atoms with Crippen molar-refractivity contribution in [3.8, 4) is 11.5 Å². The Labute approximate surface area is 265 Å². The monoisotopic (exact) mass is 657 g/mol. The summed E-state index contributed by atoms with van der Waals surface area (Å²) in [6.45, 7) is 9.36. The summed E-state index contributed by atoms with van der Waals surface area (Å²) < 4.78 is 73.0. The third-order valence-electron chi connectivity index (χ3n) is 7.70. The number of benzene rings is 3. The molecule has 1 amide bonds. The second-order valence-electron chi connectivity index (χ2n) is 12.0. The summed E-state index contributed by atoms with van der Waals surface area (Å²) >= 11 is 0. The number of fused-ring (bicyclic) bond motifs is 1. The fraction of sp³-hybridized carbons (Fsp3) is 0.406. The Morgan fingerprint density at radius 2 is 1.53 bits per heavy atom. The second-order valence-corrected chi connectivity index (χ2v) is 15.8. The summed E-state index contributed by atoms with van der Waals surface area (Å²) in [4.78, 5) is 13.5. The Bertz CT molecular complexity index is 1730. The number of aryl methyl sites for hydroxylation is 1. The van der Waals surface area contributed by atoms with Crippen LogP contribution >= 0.6 is 0 Å². The highest BCUT2D eigenvalue weighted by Crippen LogP contribution is 2.40. The fourth-order valence-corrected chi connectivity index (χ4v) is 7.90. The molecule has 1 atom stereocenters. The standard InChI is InChI=1S/C32H39N3O8S2/c1-23-5-10-27(11-6-23)45(39,40)35-22-30(43-29-14-7-24(21-28(29)35)32(2,3)4)31(36)33-15-18-42-25-8-12-26(13-9-25)44(37,38)34-16-19-41-20-17-34/h5-14,21,30H,15-20,22H2,1-4H3,(H,33,36). The molecule has 0 saturated carbocycles. The van der Waals surface area contributed by atoms with Gasteiger partial charge in [0, 0.05) is 13.1 Å². The van der Waals surface area contributed by atoms with Crippen LogP contribution in [0, 0.1) is 6.92 Å². The van der Waals surface area contributed by atoms with Crippen LogP contribution in [-0.2, 0) is 35.0 Å². The average molecular weight is 658 g/mol. The maximum absolute atomic E-state index is 13.9. The summed E-state index contributed by atoms with van der Waals surface area (Å²) in [7, 11) is -7.62. The molecule has 1 saturated heterocycles. The average Bonchev–Trinajstić information content (AvgIpc) is 3.02. The number of amides is 1. The van der Waals surface area contributed by atoms with Crippen molar-refractivity contribution in [1.29, 1.82) is 0 Å².